The van der Waals surface area contributed by atoms with E-state index in [1.165, 1.54) is 19.1 Å². The molecule has 2 rings (SSSR count). The van der Waals surface area contributed by atoms with Gasteiger partial charge in [0.15, 0.2) is 5.58 Å². The molecule has 0 aliphatic carbocycles. The number of benzene rings is 1. The number of nitro groups is 1. The van der Waals surface area contributed by atoms with E-state index in [0.717, 1.165) is 10.6 Å². The number of aliphatic carboxylic acids is 1. The van der Waals surface area contributed by atoms with Gasteiger partial charge in [-0.25, -0.2) is 9.59 Å². The lowest BCUT2D eigenvalue weighted by atomic mass is 10.2. The molecule has 0 unspecified atom stereocenters. The molecule has 1 N–H and O–H groups in total. The molecule has 0 fully saturated rings. The highest BCUT2D eigenvalue weighted by atomic mass is 16.6. The Balaban J connectivity index is 2.75. The Morgan fingerprint density at radius 2 is 2.22 bits per heavy atom. The van der Waals surface area contributed by atoms with Gasteiger partial charge >= 0.3 is 11.7 Å². The summed E-state index contributed by atoms with van der Waals surface area (Å²) in [6.07, 6.45) is 0. The van der Waals surface area contributed by atoms with Crippen molar-refractivity contribution < 1.29 is 19.2 Å². The molecule has 1 heterocycles. The second kappa shape index (κ2) is 3.99. The summed E-state index contributed by atoms with van der Waals surface area (Å²) >= 11 is 0. The molecule has 8 heteroatoms. The van der Waals surface area contributed by atoms with Crippen LogP contribution in [-0.2, 0) is 4.79 Å². The van der Waals surface area contributed by atoms with E-state index in [-0.39, 0.29) is 16.8 Å². The zero-order valence-electron chi connectivity index (χ0n) is 9.19. The predicted octanol–water partition coefficient (Wildman–Crippen LogP) is 1.15. The van der Waals surface area contributed by atoms with Gasteiger partial charge in [0.1, 0.15) is 6.04 Å². The predicted molar refractivity (Wildman–Crippen MR) is 59.5 cm³/mol. The largest absolute Gasteiger partial charge is 0.480 e. The van der Waals surface area contributed by atoms with Gasteiger partial charge in [-0.1, -0.05) is 0 Å². The van der Waals surface area contributed by atoms with Crippen molar-refractivity contribution in [1.82, 2.24) is 4.57 Å². The van der Waals surface area contributed by atoms with Crippen LogP contribution < -0.4 is 5.76 Å². The first kappa shape index (κ1) is 11.8. The number of non-ortho nitro benzene ring substituents is 1. The monoisotopic (exact) mass is 252 g/mol. The number of fused-ring (bicyclic) bond motifs is 1. The summed E-state index contributed by atoms with van der Waals surface area (Å²) in [5.41, 5.74) is -0.0440. The van der Waals surface area contributed by atoms with Gasteiger partial charge in [-0.3, -0.25) is 14.7 Å². The van der Waals surface area contributed by atoms with E-state index in [9.17, 15) is 19.7 Å². The van der Waals surface area contributed by atoms with Gasteiger partial charge in [0.2, 0.25) is 0 Å². The number of carboxylic acid groups (broad SMARTS) is 1. The molecule has 0 aliphatic heterocycles. The summed E-state index contributed by atoms with van der Waals surface area (Å²) in [4.78, 5) is 32.4. The number of oxazole rings is 1. The van der Waals surface area contributed by atoms with Crippen LogP contribution in [0.3, 0.4) is 0 Å². The van der Waals surface area contributed by atoms with Crippen molar-refractivity contribution >= 4 is 22.8 Å². The van der Waals surface area contributed by atoms with Crippen molar-refractivity contribution in [1.29, 1.82) is 0 Å². The van der Waals surface area contributed by atoms with Gasteiger partial charge in [0.05, 0.1) is 10.4 Å². The molecule has 0 saturated carbocycles. The van der Waals surface area contributed by atoms with Crippen molar-refractivity contribution in [3.8, 4) is 0 Å². The van der Waals surface area contributed by atoms with E-state index in [4.69, 9.17) is 9.52 Å². The molecule has 2 aromatic rings. The van der Waals surface area contributed by atoms with Gasteiger partial charge < -0.3 is 9.52 Å². The molecule has 18 heavy (non-hydrogen) atoms. The summed E-state index contributed by atoms with van der Waals surface area (Å²) in [5.74, 6) is -2.09. The second-order valence-corrected chi connectivity index (χ2v) is 3.66. The van der Waals surface area contributed by atoms with E-state index >= 15 is 0 Å². The number of rotatable bonds is 3. The van der Waals surface area contributed by atoms with Gasteiger partial charge in [0, 0.05) is 12.1 Å². The van der Waals surface area contributed by atoms with E-state index in [0.29, 0.717) is 0 Å². The van der Waals surface area contributed by atoms with Crippen molar-refractivity contribution in [3.63, 3.8) is 0 Å². The molecule has 0 saturated heterocycles. The standard InChI is InChI=1S/C10H8N2O6/c1-5(9(13)14)11-7-4-6(12(16)17)2-3-8(7)18-10(11)15/h2-5H,1H3,(H,13,14)/t5-/m1/s1. The van der Waals surface area contributed by atoms with Crippen LogP contribution in [0.2, 0.25) is 0 Å². The second-order valence-electron chi connectivity index (χ2n) is 3.66. The first-order valence-corrected chi connectivity index (χ1v) is 4.94. The average Bonchev–Trinajstić information content (AvgIpc) is 2.62. The molecule has 0 spiro atoms. The molecular weight excluding hydrogens is 244 g/mol. The van der Waals surface area contributed by atoms with Gasteiger partial charge in [-0.05, 0) is 13.0 Å². The Morgan fingerprint density at radius 1 is 1.56 bits per heavy atom. The molecule has 8 nitrogen and oxygen atoms in total. The van der Waals surface area contributed by atoms with Crippen LogP contribution in [0.1, 0.15) is 13.0 Å². The van der Waals surface area contributed by atoms with Crippen LogP contribution in [0, 0.1) is 10.1 Å². The highest BCUT2D eigenvalue weighted by Gasteiger charge is 2.22. The number of hydrogen-bond donors (Lipinski definition) is 1. The lowest BCUT2D eigenvalue weighted by molar-refractivity contribution is -0.384. The third-order valence-electron chi connectivity index (χ3n) is 2.55. The molecule has 1 aromatic carbocycles. The summed E-state index contributed by atoms with van der Waals surface area (Å²) < 4.78 is 5.69. The SMILES string of the molecule is C[C@H](C(=O)O)n1c(=O)oc2ccc([N+](=O)[O-])cc21. The fourth-order valence-electron chi connectivity index (χ4n) is 1.61. The topological polar surface area (TPSA) is 116 Å². The van der Waals surface area contributed by atoms with Crippen molar-refractivity contribution in [2.75, 3.05) is 0 Å². The van der Waals surface area contributed by atoms with Crippen molar-refractivity contribution in [3.05, 3.63) is 38.9 Å². The lowest BCUT2D eigenvalue weighted by Gasteiger charge is -2.06. The molecule has 94 valence electrons. The fourth-order valence-corrected chi connectivity index (χ4v) is 1.61. The maximum Gasteiger partial charge on any atom is 0.420 e. The first-order valence-electron chi connectivity index (χ1n) is 4.94. The minimum atomic E-state index is -1.23. The number of carbonyl (C=O) groups is 1. The van der Waals surface area contributed by atoms with E-state index in [1.54, 1.807) is 0 Å². The third-order valence-corrected chi connectivity index (χ3v) is 2.55. The summed E-state index contributed by atoms with van der Waals surface area (Å²) in [6.45, 7) is 1.29. The van der Waals surface area contributed by atoms with Crippen molar-refractivity contribution in [2.45, 2.75) is 13.0 Å². The first-order chi connectivity index (χ1) is 8.41. The van der Waals surface area contributed by atoms with E-state index in [2.05, 4.69) is 0 Å². The molecule has 0 radical (unpaired) electrons. The Labute approximate surface area is 99.2 Å². The van der Waals surface area contributed by atoms with Crippen LogP contribution in [0.5, 0.6) is 0 Å². The normalized spacial score (nSPS) is 12.5. The zero-order valence-corrected chi connectivity index (χ0v) is 9.19. The summed E-state index contributed by atoms with van der Waals surface area (Å²) in [5, 5.41) is 19.5. The number of hydrogen-bond acceptors (Lipinski definition) is 5. The molecular formula is C10H8N2O6. The van der Waals surface area contributed by atoms with Crippen LogP contribution in [0.25, 0.3) is 11.1 Å². The number of carboxylic acids is 1. The molecule has 1 aromatic heterocycles. The van der Waals surface area contributed by atoms with Gasteiger partial charge in [0.25, 0.3) is 5.69 Å². The van der Waals surface area contributed by atoms with E-state index in [1.807, 2.05) is 0 Å². The Morgan fingerprint density at radius 3 is 2.78 bits per heavy atom. The van der Waals surface area contributed by atoms with Crippen LogP contribution in [-0.4, -0.2) is 20.6 Å². The maximum absolute atomic E-state index is 11.5. The number of nitro benzene ring substituents is 1. The van der Waals surface area contributed by atoms with Crippen LogP contribution in [0.4, 0.5) is 5.69 Å². The summed E-state index contributed by atoms with van der Waals surface area (Å²) in [6, 6.07) is 2.39. The molecule has 0 aliphatic rings. The van der Waals surface area contributed by atoms with Crippen LogP contribution in [0.15, 0.2) is 27.4 Å². The van der Waals surface area contributed by atoms with Crippen molar-refractivity contribution in [2.24, 2.45) is 0 Å². The highest BCUT2D eigenvalue weighted by molar-refractivity contribution is 5.79. The van der Waals surface area contributed by atoms with E-state index < -0.39 is 22.7 Å². The number of nitrogens with zero attached hydrogens (tertiary/aromatic N) is 2. The maximum atomic E-state index is 11.5. The Hall–Kier alpha value is -2.64. The van der Waals surface area contributed by atoms with Gasteiger partial charge in [-0.2, -0.15) is 0 Å². The quantitative estimate of drug-likeness (QED) is 0.646. The summed E-state index contributed by atoms with van der Waals surface area (Å²) in [7, 11) is 0. The Bertz CT molecular complexity index is 698. The lowest BCUT2D eigenvalue weighted by Crippen LogP contribution is -2.24. The zero-order chi connectivity index (χ0) is 13.4. The third kappa shape index (κ3) is 1.73. The minimum Gasteiger partial charge on any atom is -0.480 e. The molecule has 0 amide bonds. The highest BCUT2D eigenvalue weighted by Crippen LogP contribution is 2.22. The fraction of sp³-hybridized carbons (Fsp3) is 0.200. The average molecular weight is 252 g/mol. The molecule has 0 bridgehead atoms. The van der Waals surface area contributed by atoms with Gasteiger partial charge in [-0.15, -0.1) is 0 Å². The van der Waals surface area contributed by atoms with Crippen LogP contribution >= 0.6 is 0 Å². The smallest absolute Gasteiger partial charge is 0.420 e. The number of aromatic nitrogens is 1. The molecule has 1 atom stereocenters. The minimum absolute atomic E-state index is 0.0871. The Kier molecular flexibility index (Phi) is 2.62.